The van der Waals surface area contributed by atoms with Crippen molar-refractivity contribution in [1.82, 2.24) is 15.0 Å². The molecule has 0 radical (unpaired) electrons. The van der Waals surface area contributed by atoms with Crippen molar-refractivity contribution < 1.29 is 9.32 Å². The van der Waals surface area contributed by atoms with E-state index in [2.05, 4.69) is 43.0 Å². The summed E-state index contributed by atoms with van der Waals surface area (Å²) >= 11 is 0. The summed E-state index contributed by atoms with van der Waals surface area (Å²) in [5.41, 5.74) is 3.08. The number of piperazine rings is 1. The predicted octanol–water partition coefficient (Wildman–Crippen LogP) is 3.24. The van der Waals surface area contributed by atoms with Crippen LogP contribution in [0.3, 0.4) is 0 Å². The molecule has 1 aliphatic heterocycles. The Balaban J connectivity index is 1.56. The van der Waals surface area contributed by atoms with Crippen LogP contribution < -0.4 is 0 Å². The Bertz CT molecular complexity index is 720. The van der Waals surface area contributed by atoms with Crippen LogP contribution in [0.2, 0.25) is 0 Å². The Morgan fingerprint density at radius 2 is 1.76 bits per heavy atom. The minimum atomic E-state index is 0.104. The molecule has 0 N–H and O–H groups in total. The van der Waals surface area contributed by atoms with Crippen molar-refractivity contribution in [2.45, 2.75) is 39.7 Å². The van der Waals surface area contributed by atoms with Crippen molar-refractivity contribution in [1.29, 1.82) is 0 Å². The van der Waals surface area contributed by atoms with Gasteiger partial charge >= 0.3 is 0 Å². The first-order chi connectivity index (χ1) is 11.8. The number of hydrogen-bond acceptors (Lipinski definition) is 4. The van der Waals surface area contributed by atoms with Gasteiger partial charge in [-0.2, -0.15) is 0 Å². The van der Waals surface area contributed by atoms with Gasteiger partial charge in [-0.15, -0.1) is 0 Å². The van der Waals surface area contributed by atoms with Gasteiger partial charge in [0.1, 0.15) is 5.76 Å². The smallest absolute Gasteiger partial charge is 0.253 e. The van der Waals surface area contributed by atoms with Gasteiger partial charge in [-0.3, -0.25) is 9.69 Å². The van der Waals surface area contributed by atoms with E-state index in [-0.39, 0.29) is 11.3 Å². The number of hydrogen-bond donors (Lipinski definition) is 0. The topological polar surface area (TPSA) is 49.6 Å². The van der Waals surface area contributed by atoms with Gasteiger partial charge in [0.2, 0.25) is 0 Å². The molecule has 2 heterocycles. The van der Waals surface area contributed by atoms with E-state index < -0.39 is 0 Å². The Labute approximate surface area is 149 Å². The highest BCUT2D eigenvalue weighted by Crippen LogP contribution is 2.22. The Morgan fingerprint density at radius 1 is 1.12 bits per heavy atom. The van der Waals surface area contributed by atoms with Crippen LogP contribution in [0.25, 0.3) is 0 Å². The van der Waals surface area contributed by atoms with Gasteiger partial charge in [0, 0.05) is 44.4 Å². The lowest BCUT2D eigenvalue weighted by Gasteiger charge is -2.34. The Morgan fingerprint density at radius 3 is 2.28 bits per heavy atom. The van der Waals surface area contributed by atoms with Crippen molar-refractivity contribution in [2.24, 2.45) is 0 Å². The minimum absolute atomic E-state index is 0.104. The molecule has 0 spiro atoms. The quantitative estimate of drug-likeness (QED) is 0.860. The zero-order valence-corrected chi connectivity index (χ0v) is 15.6. The van der Waals surface area contributed by atoms with E-state index >= 15 is 0 Å². The van der Waals surface area contributed by atoms with Gasteiger partial charge in [0.15, 0.2) is 0 Å². The van der Waals surface area contributed by atoms with Crippen LogP contribution in [-0.2, 0) is 12.0 Å². The Hall–Kier alpha value is -2.14. The van der Waals surface area contributed by atoms with Gasteiger partial charge in [-0.1, -0.05) is 38.1 Å². The SMILES string of the molecule is Cc1cc(CN2CCN(C(=O)c3ccc(C(C)(C)C)cc3)CC2)no1. The van der Waals surface area contributed by atoms with Gasteiger partial charge in [-0.05, 0) is 30.0 Å². The molecule has 5 nitrogen and oxygen atoms in total. The van der Waals surface area contributed by atoms with Gasteiger partial charge in [0.25, 0.3) is 5.91 Å². The summed E-state index contributed by atoms with van der Waals surface area (Å²) < 4.78 is 5.12. The largest absolute Gasteiger partial charge is 0.361 e. The third kappa shape index (κ3) is 4.28. The molecule has 134 valence electrons. The number of benzene rings is 1. The van der Waals surface area contributed by atoms with Crippen molar-refractivity contribution in [3.63, 3.8) is 0 Å². The molecule has 3 rings (SSSR count). The van der Waals surface area contributed by atoms with Gasteiger partial charge in [-0.25, -0.2) is 0 Å². The summed E-state index contributed by atoms with van der Waals surface area (Å²) in [6.45, 7) is 12.4. The highest BCUT2D eigenvalue weighted by molar-refractivity contribution is 5.94. The van der Waals surface area contributed by atoms with Crippen molar-refractivity contribution in [3.8, 4) is 0 Å². The molecule has 1 fully saturated rings. The van der Waals surface area contributed by atoms with Crippen LogP contribution in [0.5, 0.6) is 0 Å². The molecule has 0 unspecified atom stereocenters. The first-order valence-corrected chi connectivity index (χ1v) is 8.87. The summed E-state index contributed by atoms with van der Waals surface area (Å²) in [6.07, 6.45) is 0. The Kier molecular flexibility index (Phi) is 4.95. The van der Waals surface area contributed by atoms with Crippen molar-refractivity contribution in [3.05, 3.63) is 52.9 Å². The molecule has 0 atom stereocenters. The average Bonchev–Trinajstić information content (AvgIpc) is 2.99. The number of carbonyl (C=O) groups is 1. The van der Waals surface area contributed by atoms with Crippen LogP contribution in [0, 0.1) is 6.92 Å². The van der Waals surface area contributed by atoms with E-state index in [0.29, 0.717) is 0 Å². The first kappa shape index (κ1) is 17.7. The third-order valence-electron chi connectivity index (χ3n) is 4.72. The average molecular weight is 341 g/mol. The number of carbonyl (C=O) groups excluding carboxylic acids is 1. The molecule has 1 aromatic carbocycles. The van der Waals surface area contributed by atoms with Crippen LogP contribution in [0.4, 0.5) is 0 Å². The molecule has 1 saturated heterocycles. The van der Waals surface area contributed by atoms with E-state index in [1.54, 1.807) is 0 Å². The maximum Gasteiger partial charge on any atom is 0.253 e. The fourth-order valence-electron chi connectivity index (χ4n) is 3.13. The van der Waals surface area contributed by atoms with Gasteiger partial charge < -0.3 is 9.42 Å². The monoisotopic (exact) mass is 341 g/mol. The molecule has 25 heavy (non-hydrogen) atoms. The molecule has 5 heteroatoms. The van der Waals surface area contributed by atoms with E-state index in [1.165, 1.54) is 5.56 Å². The van der Waals surface area contributed by atoms with Crippen molar-refractivity contribution in [2.75, 3.05) is 26.2 Å². The van der Waals surface area contributed by atoms with E-state index in [1.807, 2.05) is 30.0 Å². The zero-order chi connectivity index (χ0) is 18.0. The van der Waals surface area contributed by atoms with Crippen molar-refractivity contribution >= 4 is 5.91 Å². The molecule has 1 aliphatic rings. The molecule has 0 aliphatic carbocycles. The van der Waals surface area contributed by atoms with E-state index in [9.17, 15) is 4.79 Å². The number of aromatic nitrogens is 1. The van der Waals surface area contributed by atoms with Crippen LogP contribution in [0.1, 0.15) is 48.1 Å². The predicted molar refractivity (Wildman–Crippen MR) is 97.6 cm³/mol. The minimum Gasteiger partial charge on any atom is -0.361 e. The third-order valence-corrected chi connectivity index (χ3v) is 4.72. The number of nitrogens with zero attached hydrogens (tertiary/aromatic N) is 3. The molecule has 0 bridgehead atoms. The second-order valence-corrected chi connectivity index (χ2v) is 7.82. The van der Waals surface area contributed by atoms with Gasteiger partial charge in [0.05, 0.1) is 5.69 Å². The number of rotatable bonds is 3. The second kappa shape index (κ2) is 7.00. The van der Waals surface area contributed by atoms with E-state index in [0.717, 1.165) is 49.7 Å². The molecular formula is C20H27N3O2. The lowest BCUT2D eigenvalue weighted by molar-refractivity contribution is 0.0625. The highest BCUT2D eigenvalue weighted by atomic mass is 16.5. The number of aryl methyl sites for hydroxylation is 1. The second-order valence-electron chi connectivity index (χ2n) is 7.82. The summed E-state index contributed by atoms with van der Waals surface area (Å²) in [5.74, 6) is 0.958. The standard InChI is InChI=1S/C20H27N3O2/c1-15-13-18(21-25-15)14-22-9-11-23(12-10-22)19(24)16-5-7-17(8-6-16)20(2,3)4/h5-8,13H,9-12,14H2,1-4H3. The molecule has 2 aromatic rings. The fourth-order valence-corrected chi connectivity index (χ4v) is 3.13. The zero-order valence-electron chi connectivity index (χ0n) is 15.6. The molecular weight excluding hydrogens is 314 g/mol. The number of amides is 1. The summed E-state index contributed by atoms with van der Waals surface area (Å²) in [7, 11) is 0. The fraction of sp³-hybridized carbons (Fsp3) is 0.500. The van der Waals surface area contributed by atoms with Crippen LogP contribution in [0.15, 0.2) is 34.9 Å². The van der Waals surface area contributed by atoms with Crippen LogP contribution in [-0.4, -0.2) is 47.0 Å². The highest BCUT2D eigenvalue weighted by Gasteiger charge is 2.23. The maximum atomic E-state index is 12.7. The summed E-state index contributed by atoms with van der Waals surface area (Å²) in [4.78, 5) is 17.0. The maximum absolute atomic E-state index is 12.7. The lowest BCUT2D eigenvalue weighted by atomic mass is 9.86. The van der Waals surface area contributed by atoms with Crippen LogP contribution >= 0.6 is 0 Å². The lowest BCUT2D eigenvalue weighted by Crippen LogP contribution is -2.48. The summed E-state index contributed by atoms with van der Waals surface area (Å²) in [6, 6.07) is 10.0. The van der Waals surface area contributed by atoms with E-state index in [4.69, 9.17) is 4.52 Å². The summed E-state index contributed by atoms with van der Waals surface area (Å²) in [5, 5.41) is 4.04. The molecule has 0 saturated carbocycles. The molecule has 1 amide bonds. The first-order valence-electron chi connectivity index (χ1n) is 8.87. The normalized spacial score (nSPS) is 16.2. The molecule has 1 aromatic heterocycles.